The van der Waals surface area contributed by atoms with Crippen LogP contribution in [-0.4, -0.2) is 4.98 Å². The predicted octanol–water partition coefficient (Wildman–Crippen LogP) is 4.51. The third-order valence-corrected chi connectivity index (χ3v) is 2.77. The molecule has 0 radical (unpaired) electrons. The topological polar surface area (TPSA) is 26.0 Å². The van der Waals surface area contributed by atoms with E-state index in [4.69, 9.17) is 4.42 Å². The van der Waals surface area contributed by atoms with Crippen molar-refractivity contribution in [2.24, 2.45) is 0 Å². The van der Waals surface area contributed by atoms with Gasteiger partial charge in [0.15, 0.2) is 5.76 Å². The molecular weight excluding hydrogens is 255 g/mol. The molecule has 0 amide bonds. The summed E-state index contributed by atoms with van der Waals surface area (Å²) in [6.45, 7) is 0. The van der Waals surface area contributed by atoms with Crippen LogP contribution in [0.5, 0.6) is 0 Å². The summed E-state index contributed by atoms with van der Waals surface area (Å²) >= 11 is 0. The Morgan fingerprint density at radius 1 is 1.00 bits per heavy atom. The Bertz CT molecular complexity index is 698. The first-order valence-electron chi connectivity index (χ1n) is 5.56. The van der Waals surface area contributed by atoms with Crippen LogP contribution in [0.4, 0.5) is 13.2 Å². The number of rotatable bonds is 1. The van der Waals surface area contributed by atoms with Crippen molar-refractivity contribution in [3.63, 3.8) is 0 Å². The molecule has 3 rings (SSSR count). The maximum atomic E-state index is 12.6. The molecule has 0 atom stereocenters. The average molecular weight is 263 g/mol. The second-order valence-corrected chi connectivity index (χ2v) is 4.08. The summed E-state index contributed by atoms with van der Waals surface area (Å²) in [7, 11) is 0. The quantitative estimate of drug-likeness (QED) is 0.645. The van der Waals surface area contributed by atoms with Crippen molar-refractivity contribution >= 4 is 11.0 Å². The van der Waals surface area contributed by atoms with E-state index in [9.17, 15) is 13.2 Å². The number of nitrogens with zero attached hydrogens (tertiary/aromatic N) is 1. The summed E-state index contributed by atoms with van der Waals surface area (Å²) in [5, 5.41) is 0.830. The van der Waals surface area contributed by atoms with Gasteiger partial charge >= 0.3 is 6.18 Å². The van der Waals surface area contributed by atoms with Crippen LogP contribution in [0.2, 0.25) is 0 Å². The van der Waals surface area contributed by atoms with E-state index in [-0.39, 0.29) is 5.69 Å². The van der Waals surface area contributed by atoms with E-state index < -0.39 is 11.7 Å². The number of hydrogen-bond acceptors (Lipinski definition) is 2. The molecule has 0 saturated heterocycles. The van der Waals surface area contributed by atoms with Crippen LogP contribution in [0.3, 0.4) is 0 Å². The van der Waals surface area contributed by atoms with E-state index in [2.05, 4.69) is 4.98 Å². The molecule has 1 aromatic carbocycles. The second-order valence-electron chi connectivity index (χ2n) is 4.08. The normalized spacial score (nSPS) is 11.9. The number of hydrogen-bond donors (Lipinski definition) is 0. The fraction of sp³-hybridized carbons (Fsp3) is 0.0714. The minimum Gasteiger partial charge on any atom is -0.454 e. The van der Waals surface area contributed by atoms with Crippen LogP contribution >= 0.6 is 0 Å². The zero-order valence-electron chi connectivity index (χ0n) is 9.61. The molecule has 0 unspecified atom stereocenters. The number of halogens is 3. The Hall–Kier alpha value is -2.30. The summed E-state index contributed by atoms with van der Waals surface area (Å²) in [6.07, 6.45) is -3.25. The van der Waals surface area contributed by atoms with E-state index in [1.807, 2.05) is 12.1 Å². The molecule has 19 heavy (non-hydrogen) atoms. The van der Waals surface area contributed by atoms with Crippen molar-refractivity contribution in [2.75, 3.05) is 0 Å². The van der Waals surface area contributed by atoms with Crippen molar-refractivity contribution in [1.29, 1.82) is 0 Å². The van der Waals surface area contributed by atoms with Crippen LogP contribution in [0.15, 0.2) is 53.1 Å². The van der Waals surface area contributed by atoms with Gasteiger partial charge < -0.3 is 4.42 Å². The number of furan rings is 1. The number of aromatic nitrogens is 1. The van der Waals surface area contributed by atoms with Gasteiger partial charge in [0.2, 0.25) is 0 Å². The standard InChI is InChI=1S/C14H8F3NO/c15-14(16,17)10-5-6-18-11(8-10)13-7-9-3-1-2-4-12(9)19-13/h1-8H. The lowest BCUT2D eigenvalue weighted by molar-refractivity contribution is -0.137. The van der Waals surface area contributed by atoms with Crippen LogP contribution in [0.1, 0.15) is 5.56 Å². The monoisotopic (exact) mass is 263 g/mol. The highest BCUT2D eigenvalue weighted by atomic mass is 19.4. The molecule has 0 fully saturated rings. The first kappa shape index (κ1) is 11.8. The largest absolute Gasteiger partial charge is 0.454 e. The second kappa shape index (κ2) is 4.12. The molecule has 96 valence electrons. The number of benzene rings is 1. The fourth-order valence-electron chi connectivity index (χ4n) is 1.85. The summed E-state index contributed by atoms with van der Waals surface area (Å²) in [6, 6.07) is 10.8. The molecule has 0 aliphatic rings. The lowest BCUT2D eigenvalue weighted by atomic mass is 10.2. The lowest BCUT2D eigenvalue weighted by Gasteiger charge is -2.06. The zero-order chi connectivity index (χ0) is 13.5. The summed E-state index contributed by atoms with van der Waals surface area (Å²) < 4.78 is 43.4. The molecular formula is C14H8F3NO. The first-order valence-corrected chi connectivity index (χ1v) is 5.56. The van der Waals surface area contributed by atoms with Crippen LogP contribution in [0, 0.1) is 0 Å². The Morgan fingerprint density at radius 2 is 1.79 bits per heavy atom. The van der Waals surface area contributed by atoms with Gasteiger partial charge in [-0.3, -0.25) is 4.98 Å². The van der Waals surface area contributed by atoms with Gasteiger partial charge in [-0.1, -0.05) is 18.2 Å². The van der Waals surface area contributed by atoms with Gasteiger partial charge in [-0.05, 0) is 24.3 Å². The maximum absolute atomic E-state index is 12.6. The molecule has 0 N–H and O–H groups in total. The highest BCUT2D eigenvalue weighted by molar-refractivity contribution is 5.82. The minimum absolute atomic E-state index is 0.172. The van der Waals surface area contributed by atoms with Gasteiger partial charge in [0.05, 0.1) is 5.56 Å². The van der Waals surface area contributed by atoms with Crippen molar-refractivity contribution in [2.45, 2.75) is 6.18 Å². The Balaban J connectivity index is 2.11. The van der Waals surface area contributed by atoms with Gasteiger partial charge in [0.25, 0.3) is 0 Å². The molecule has 2 heterocycles. The lowest BCUT2D eigenvalue weighted by Crippen LogP contribution is -2.05. The Morgan fingerprint density at radius 3 is 2.53 bits per heavy atom. The smallest absolute Gasteiger partial charge is 0.416 e. The molecule has 0 saturated carbocycles. The fourth-order valence-corrected chi connectivity index (χ4v) is 1.85. The van der Waals surface area contributed by atoms with Crippen LogP contribution < -0.4 is 0 Å². The van der Waals surface area contributed by atoms with E-state index in [1.165, 1.54) is 0 Å². The predicted molar refractivity (Wildman–Crippen MR) is 64.4 cm³/mol. The van der Waals surface area contributed by atoms with E-state index in [0.717, 1.165) is 23.7 Å². The molecule has 5 heteroatoms. The molecule has 3 aromatic rings. The van der Waals surface area contributed by atoms with Crippen molar-refractivity contribution in [1.82, 2.24) is 4.98 Å². The number of fused-ring (bicyclic) bond motifs is 1. The van der Waals surface area contributed by atoms with Gasteiger partial charge in [-0.2, -0.15) is 13.2 Å². The van der Waals surface area contributed by atoms with Crippen LogP contribution in [0.25, 0.3) is 22.4 Å². The molecule has 2 aromatic heterocycles. The van der Waals surface area contributed by atoms with Gasteiger partial charge in [0.1, 0.15) is 11.3 Å². The molecule has 0 aliphatic heterocycles. The minimum atomic E-state index is -4.39. The summed E-state index contributed by atoms with van der Waals surface area (Å²) in [5.41, 5.74) is 0.0562. The number of alkyl halides is 3. The average Bonchev–Trinajstić information content (AvgIpc) is 2.81. The highest BCUT2D eigenvalue weighted by Gasteiger charge is 2.31. The molecule has 0 aliphatic carbocycles. The van der Waals surface area contributed by atoms with Gasteiger partial charge in [-0.25, -0.2) is 0 Å². The third kappa shape index (κ3) is 2.19. The van der Waals surface area contributed by atoms with Crippen molar-refractivity contribution in [3.05, 3.63) is 54.2 Å². The third-order valence-electron chi connectivity index (χ3n) is 2.77. The highest BCUT2D eigenvalue weighted by Crippen LogP contribution is 2.32. The zero-order valence-corrected chi connectivity index (χ0v) is 9.61. The van der Waals surface area contributed by atoms with Gasteiger partial charge in [-0.15, -0.1) is 0 Å². The maximum Gasteiger partial charge on any atom is 0.416 e. The van der Waals surface area contributed by atoms with Crippen LogP contribution in [-0.2, 0) is 6.18 Å². The Kier molecular flexibility index (Phi) is 2.55. The number of pyridine rings is 1. The summed E-state index contributed by atoms with van der Waals surface area (Å²) in [4.78, 5) is 3.92. The van der Waals surface area contributed by atoms with Crippen molar-refractivity contribution in [3.8, 4) is 11.5 Å². The van der Waals surface area contributed by atoms with E-state index in [1.54, 1.807) is 18.2 Å². The SMILES string of the molecule is FC(F)(F)c1ccnc(-c2cc3ccccc3o2)c1. The Labute approximate surface area is 106 Å². The molecule has 2 nitrogen and oxygen atoms in total. The molecule has 0 spiro atoms. The number of para-hydroxylation sites is 1. The van der Waals surface area contributed by atoms with E-state index in [0.29, 0.717) is 11.3 Å². The first-order chi connectivity index (χ1) is 9.04. The summed E-state index contributed by atoms with van der Waals surface area (Å²) in [5.74, 6) is 0.326. The molecule has 0 bridgehead atoms. The van der Waals surface area contributed by atoms with Gasteiger partial charge in [0, 0.05) is 11.6 Å². The van der Waals surface area contributed by atoms with Crippen molar-refractivity contribution < 1.29 is 17.6 Å². The van der Waals surface area contributed by atoms with E-state index >= 15 is 0 Å².